The third kappa shape index (κ3) is 4.20. The number of rotatable bonds is 5. The first-order chi connectivity index (χ1) is 9.19. The average molecular weight is 342 g/mol. The van der Waals surface area contributed by atoms with Crippen LogP contribution < -0.4 is 10.1 Å². The zero-order valence-corrected chi connectivity index (χ0v) is 12.8. The van der Waals surface area contributed by atoms with Crippen LogP contribution in [0.3, 0.4) is 0 Å². The molecule has 0 fully saturated rings. The molecule has 1 aromatic carbocycles. The first-order valence-corrected chi connectivity index (χ1v) is 6.99. The summed E-state index contributed by atoms with van der Waals surface area (Å²) in [6.45, 7) is 1.49. The molecule has 0 aliphatic carbocycles. The molecule has 3 nitrogen and oxygen atoms in total. The number of methoxy groups -OCH3 is 1. The van der Waals surface area contributed by atoms with Crippen LogP contribution in [0.15, 0.2) is 41.0 Å². The predicted octanol–water partition coefficient (Wildman–Crippen LogP) is 3.80. The standard InChI is InChI=1S/C14H14BrClN2O/c1-19-14-6-10(4-5-18-14)8-17-9-11-7-12(16)2-3-13(11)15/h2-7,17H,8-9H2,1H3. The maximum Gasteiger partial charge on any atom is 0.213 e. The Balaban J connectivity index is 1.94. The second-order valence-electron chi connectivity index (χ2n) is 4.05. The molecule has 5 heteroatoms. The normalized spacial score (nSPS) is 10.5. The molecule has 2 aromatic rings. The van der Waals surface area contributed by atoms with Crippen LogP contribution in [0.2, 0.25) is 5.02 Å². The highest BCUT2D eigenvalue weighted by Crippen LogP contribution is 2.21. The van der Waals surface area contributed by atoms with Crippen molar-refractivity contribution in [3.8, 4) is 5.88 Å². The fourth-order valence-electron chi connectivity index (χ4n) is 1.69. The Morgan fingerprint density at radius 2 is 2.11 bits per heavy atom. The van der Waals surface area contributed by atoms with E-state index in [4.69, 9.17) is 16.3 Å². The van der Waals surface area contributed by atoms with Crippen LogP contribution in [0.1, 0.15) is 11.1 Å². The van der Waals surface area contributed by atoms with E-state index in [1.807, 2.05) is 30.3 Å². The van der Waals surface area contributed by atoms with Crippen LogP contribution in [0.5, 0.6) is 5.88 Å². The van der Waals surface area contributed by atoms with E-state index in [1.54, 1.807) is 13.3 Å². The molecular weight excluding hydrogens is 328 g/mol. The van der Waals surface area contributed by atoms with E-state index < -0.39 is 0 Å². The van der Waals surface area contributed by atoms with Crippen molar-refractivity contribution in [3.63, 3.8) is 0 Å². The molecule has 0 aliphatic rings. The third-order valence-corrected chi connectivity index (χ3v) is 3.67. The zero-order chi connectivity index (χ0) is 13.7. The minimum atomic E-state index is 0.628. The van der Waals surface area contributed by atoms with Crippen molar-refractivity contribution in [1.82, 2.24) is 10.3 Å². The quantitative estimate of drug-likeness (QED) is 0.898. The van der Waals surface area contributed by atoms with Gasteiger partial charge < -0.3 is 10.1 Å². The Morgan fingerprint density at radius 3 is 2.89 bits per heavy atom. The fourth-order valence-corrected chi connectivity index (χ4v) is 2.27. The molecule has 0 spiro atoms. The maximum atomic E-state index is 5.98. The lowest BCUT2D eigenvalue weighted by Crippen LogP contribution is -2.13. The number of halogens is 2. The number of nitrogens with one attached hydrogen (secondary N) is 1. The maximum absolute atomic E-state index is 5.98. The van der Waals surface area contributed by atoms with Crippen molar-refractivity contribution in [3.05, 3.63) is 57.2 Å². The molecule has 0 saturated heterocycles. The first kappa shape index (κ1) is 14.3. The second kappa shape index (κ2) is 6.89. The highest BCUT2D eigenvalue weighted by atomic mass is 79.9. The summed E-state index contributed by atoms with van der Waals surface area (Å²) in [6, 6.07) is 9.64. The number of aromatic nitrogens is 1. The Kier molecular flexibility index (Phi) is 5.19. The molecular formula is C14H14BrClN2O. The van der Waals surface area contributed by atoms with Gasteiger partial charge in [-0.15, -0.1) is 0 Å². The van der Waals surface area contributed by atoms with Crippen molar-refractivity contribution >= 4 is 27.5 Å². The lowest BCUT2D eigenvalue weighted by molar-refractivity contribution is 0.397. The summed E-state index contributed by atoms with van der Waals surface area (Å²) in [4.78, 5) is 4.07. The molecule has 100 valence electrons. The molecule has 2 rings (SSSR count). The molecule has 0 radical (unpaired) electrons. The molecule has 0 amide bonds. The second-order valence-corrected chi connectivity index (χ2v) is 5.34. The van der Waals surface area contributed by atoms with E-state index in [0.717, 1.165) is 33.7 Å². The van der Waals surface area contributed by atoms with E-state index in [1.165, 1.54) is 0 Å². The van der Waals surface area contributed by atoms with Gasteiger partial charge in [0.25, 0.3) is 0 Å². The van der Waals surface area contributed by atoms with Gasteiger partial charge in [-0.25, -0.2) is 4.98 Å². The van der Waals surface area contributed by atoms with Gasteiger partial charge in [0, 0.05) is 34.8 Å². The van der Waals surface area contributed by atoms with E-state index in [0.29, 0.717) is 5.88 Å². The van der Waals surface area contributed by atoms with Crippen molar-refractivity contribution in [2.24, 2.45) is 0 Å². The number of hydrogen-bond donors (Lipinski definition) is 1. The minimum Gasteiger partial charge on any atom is -0.481 e. The number of benzene rings is 1. The van der Waals surface area contributed by atoms with Crippen LogP contribution in [0.4, 0.5) is 0 Å². The lowest BCUT2D eigenvalue weighted by atomic mass is 10.2. The summed E-state index contributed by atoms with van der Waals surface area (Å²) in [5, 5.41) is 4.11. The topological polar surface area (TPSA) is 34.1 Å². The zero-order valence-electron chi connectivity index (χ0n) is 10.5. The van der Waals surface area contributed by atoms with Gasteiger partial charge in [0.1, 0.15) is 0 Å². The molecule has 1 N–H and O–H groups in total. The number of ether oxygens (including phenoxy) is 1. The summed E-state index contributed by atoms with van der Waals surface area (Å²) >= 11 is 9.49. The third-order valence-electron chi connectivity index (χ3n) is 2.66. The van der Waals surface area contributed by atoms with Gasteiger partial charge in [0.2, 0.25) is 5.88 Å². The number of hydrogen-bond acceptors (Lipinski definition) is 3. The minimum absolute atomic E-state index is 0.628. The van der Waals surface area contributed by atoms with Crippen LogP contribution >= 0.6 is 27.5 Å². The van der Waals surface area contributed by atoms with Crippen LogP contribution in [-0.4, -0.2) is 12.1 Å². The van der Waals surface area contributed by atoms with Crippen molar-refractivity contribution in [2.45, 2.75) is 13.1 Å². The smallest absolute Gasteiger partial charge is 0.213 e. The largest absolute Gasteiger partial charge is 0.481 e. The molecule has 0 aliphatic heterocycles. The van der Waals surface area contributed by atoms with Gasteiger partial charge in [-0.1, -0.05) is 27.5 Å². The SMILES string of the molecule is COc1cc(CNCc2cc(Cl)ccc2Br)ccn1. The lowest BCUT2D eigenvalue weighted by Gasteiger charge is -2.08. The molecule has 0 bridgehead atoms. The van der Waals surface area contributed by atoms with Crippen molar-refractivity contribution in [1.29, 1.82) is 0 Å². The summed E-state index contributed by atoms with van der Waals surface area (Å²) in [5.41, 5.74) is 2.26. The Morgan fingerprint density at radius 1 is 1.26 bits per heavy atom. The van der Waals surface area contributed by atoms with E-state index in [2.05, 4.69) is 26.2 Å². The summed E-state index contributed by atoms with van der Waals surface area (Å²) in [5.74, 6) is 0.628. The van der Waals surface area contributed by atoms with Gasteiger partial charge in [-0.2, -0.15) is 0 Å². The van der Waals surface area contributed by atoms with Crippen molar-refractivity contribution < 1.29 is 4.74 Å². The van der Waals surface area contributed by atoms with Crippen molar-refractivity contribution in [2.75, 3.05) is 7.11 Å². The highest BCUT2D eigenvalue weighted by molar-refractivity contribution is 9.10. The molecule has 0 unspecified atom stereocenters. The molecule has 1 heterocycles. The van der Waals surface area contributed by atoms with Gasteiger partial charge in [-0.05, 0) is 35.4 Å². The highest BCUT2D eigenvalue weighted by Gasteiger charge is 2.01. The van der Waals surface area contributed by atoms with Gasteiger partial charge >= 0.3 is 0 Å². The number of nitrogens with zero attached hydrogens (tertiary/aromatic N) is 1. The van der Waals surface area contributed by atoms with E-state index >= 15 is 0 Å². The Bertz CT molecular complexity index is 563. The Labute approximate surface area is 126 Å². The molecule has 1 aromatic heterocycles. The van der Waals surface area contributed by atoms with Crippen LogP contribution in [-0.2, 0) is 13.1 Å². The molecule has 19 heavy (non-hydrogen) atoms. The van der Waals surface area contributed by atoms with Gasteiger partial charge in [0.15, 0.2) is 0 Å². The van der Waals surface area contributed by atoms with Crippen LogP contribution in [0, 0.1) is 0 Å². The monoisotopic (exact) mass is 340 g/mol. The van der Waals surface area contributed by atoms with Gasteiger partial charge in [0.05, 0.1) is 7.11 Å². The van der Waals surface area contributed by atoms with Crippen LogP contribution in [0.25, 0.3) is 0 Å². The average Bonchev–Trinajstić information content (AvgIpc) is 2.43. The summed E-state index contributed by atoms with van der Waals surface area (Å²) in [6.07, 6.45) is 1.74. The van der Waals surface area contributed by atoms with Gasteiger partial charge in [-0.3, -0.25) is 0 Å². The fraction of sp³-hybridized carbons (Fsp3) is 0.214. The molecule has 0 saturated carbocycles. The van der Waals surface area contributed by atoms with E-state index in [-0.39, 0.29) is 0 Å². The molecule has 0 atom stereocenters. The Hall–Kier alpha value is -1.10. The summed E-state index contributed by atoms with van der Waals surface area (Å²) in [7, 11) is 1.61. The van der Waals surface area contributed by atoms with E-state index in [9.17, 15) is 0 Å². The first-order valence-electron chi connectivity index (χ1n) is 5.82. The predicted molar refractivity (Wildman–Crippen MR) is 80.5 cm³/mol. The summed E-state index contributed by atoms with van der Waals surface area (Å²) < 4.78 is 6.14. The number of pyridine rings is 1.